The Bertz CT molecular complexity index is 373. The minimum absolute atomic E-state index is 0.223. The van der Waals surface area contributed by atoms with E-state index in [1.165, 1.54) is 32.1 Å². The molecule has 1 aliphatic heterocycles. The second kappa shape index (κ2) is 6.28. The van der Waals surface area contributed by atoms with Crippen LogP contribution in [0.1, 0.15) is 79.6 Å². The van der Waals surface area contributed by atoms with Crippen LogP contribution < -0.4 is 5.32 Å². The van der Waals surface area contributed by atoms with Crippen LogP contribution in [0.2, 0.25) is 0 Å². The number of carbonyl (C=O) groups excluding carboxylic acids is 1. The molecule has 1 saturated heterocycles. The summed E-state index contributed by atoms with van der Waals surface area (Å²) in [6.07, 6.45) is 8.70. The maximum absolute atomic E-state index is 12.9. The number of nitrogens with zero attached hydrogens (tertiary/aromatic N) is 1. The lowest BCUT2D eigenvalue weighted by Crippen LogP contribution is -2.45. The van der Waals surface area contributed by atoms with Crippen molar-refractivity contribution in [2.45, 2.75) is 91.3 Å². The average molecular weight is 294 g/mol. The molecule has 1 aliphatic carbocycles. The van der Waals surface area contributed by atoms with Crippen molar-refractivity contribution in [3.8, 4) is 0 Å². The van der Waals surface area contributed by atoms with E-state index in [2.05, 4.69) is 44.8 Å². The first-order valence-electron chi connectivity index (χ1n) is 8.88. The summed E-state index contributed by atoms with van der Waals surface area (Å²) in [5.74, 6) is 0.929. The number of nitrogens with one attached hydrogen (secondary N) is 1. The van der Waals surface area contributed by atoms with Gasteiger partial charge in [0, 0.05) is 6.54 Å². The molecule has 0 aromatic rings. The molecule has 2 rings (SSSR count). The van der Waals surface area contributed by atoms with Crippen LogP contribution in [0.5, 0.6) is 0 Å². The van der Waals surface area contributed by atoms with E-state index in [9.17, 15) is 4.79 Å². The second-order valence-corrected chi connectivity index (χ2v) is 8.28. The highest BCUT2D eigenvalue weighted by atomic mass is 16.2. The fraction of sp³-hybridized carbons (Fsp3) is 0.944. The highest BCUT2D eigenvalue weighted by Crippen LogP contribution is 2.39. The van der Waals surface area contributed by atoms with Gasteiger partial charge in [0.15, 0.2) is 0 Å². The number of amides is 1. The summed E-state index contributed by atoms with van der Waals surface area (Å²) in [6.45, 7) is 12.0. The van der Waals surface area contributed by atoms with Gasteiger partial charge in [0.25, 0.3) is 0 Å². The van der Waals surface area contributed by atoms with Gasteiger partial charge in [-0.3, -0.25) is 10.1 Å². The molecule has 2 fully saturated rings. The molecular formula is C18H34N2O. The average Bonchev–Trinajstić information content (AvgIpc) is 2.64. The van der Waals surface area contributed by atoms with Crippen LogP contribution in [0, 0.1) is 11.3 Å². The first-order chi connectivity index (χ1) is 9.80. The van der Waals surface area contributed by atoms with E-state index >= 15 is 0 Å². The smallest absolute Gasteiger partial charge is 0.243 e. The van der Waals surface area contributed by atoms with Gasteiger partial charge in [-0.2, -0.15) is 0 Å². The van der Waals surface area contributed by atoms with Gasteiger partial charge < -0.3 is 4.90 Å². The van der Waals surface area contributed by atoms with Crippen molar-refractivity contribution in [1.82, 2.24) is 10.2 Å². The molecule has 1 heterocycles. The van der Waals surface area contributed by atoms with Crippen molar-refractivity contribution in [3.63, 3.8) is 0 Å². The van der Waals surface area contributed by atoms with E-state index in [1.54, 1.807) is 0 Å². The Morgan fingerprint density at radius 2 is 1.86 bits per heavy atom. The van der Waals surface area contributed by atoms with Crippen LogP contribution in [0.4, 0.5) is 0 Å². The highest BCUT2D eigenvalue weighted by Gasteiger charge is 2.48. The van der Waals surface area contributed by atoms with Crippen LogP contribution in [0.15, 0.2) is 0 Å². The minimum atomic E-state index is -0.357. The van der Waals surface area contributed by atoms with Crippen molar-refractivity contribution in [2.75, 3.05) is 6.54 Å². The molecule has 2 aliphatic rings. The lowest BCUT2D eigenvalue weighted by molar-refractivity contribution is -0.134. The zero-order valence-corrected chi connectivity index (χ0v) is 14.7. The van der Waals surface area contributed by atoms with Crippen molar-refractivity contribution in [3.05, 3.63) is 0 Å². The van der Waals surface area contributed by atoms with Gasteiger partial charge in [0.2, 0.25) is 5.91 Å². The molecule has 21 heavy (non-hydrogen) atoms. The fourth-order valence-corrected chi connectivity index (χ4v) is 4.01. The summed E-state index contributed by atoms with van der Waals surface area (Å²) < 4.78 is 0. The molecule has 0 aromatic heterocycles. The Labute approximate surface area is 130 Å². The number of rotatable bonds is 5. The minimum Gasteiger partial charge on any atom is -0.325 e. The third-order valence-corrected chi connectivity index (χ3v) is 5.61. The topological polar surface area (TPSA) is 32.3 Å². The predicted octanol–water partition coefficient (Wildman–Crippen LogP) is 3.93. The second-order valence-electron chi connectivity index (χ2n) is 8.28. The van der Waals surface area contributed by atoms with Crippen LogP contribution in [0.25, 0.3) is 0 Å². The Morgan fingerprint density at radius 1 is 1.24 bits per heavy atom. The third kappa shape index (κ3) is 3.61. The molecule has 3 heteroatoms. The lowest BCUT2D eigenvalue weighted by atomic mass is 9.75. The van der Waals surface area contributed by atoms with Crippen molar-refractivity contribution < 1.29 is 4.79 Å². The van der Waals surface area contributed by atoms with Crippen molar-refractivity contribution in [2.24, 2.45) is 11.3 Å². The van der Waals surface area contributed by atoms with E-state index in [1.807, 2.05) is 0 Å². The zero-order chi connectivity index (χ0) is 15.7. The summed E-state index contributed by atoms with van der Waals surface area (Å²) in [6, 6.07) is 0. The van der Waals surface area contributed by atoms with Crippen molar-refractivity contribution >= 4 is 5.91 Å². The molecule has 1 saturated carbocycles. The maximum atomic E-state index is 12.9. The van der Waals surface area contributed by atoms with Gasteiger partial charge in [-0.1, -0.05) is 47.0 Å². The molecule has 0 bridgehead atoms. The van der Waals surface area contributed by atoms with E-state index in [-0.39, 0.29) is 11.7 Å². The fourth-order valence-electron chi connectivity index (χ4n) is 4.01. The summed E-state index contributed by atoms with van der Waals surface area (Å²) in [4.78, 5) is 15.1. The molecule has 0 spiro atoms. The molecule has 2 atom stereocenters. The SMILES string of the molecule is CCC1(C)NC(CC(C)C)N(CC2(C)CCCCC2)C1=O. The predicted molar refractivity (Wildman–Crippen MR) is 88.0 cm³/mol. The summed E-state index contributed by atoms with van der Waals surface area (Å²) >= 11 is 0. The van der Waals surface area contributed by atoms with E-state index < -0.39 is 0 Å². The molecule has 1 N–H and O–H groups in total. The Kier molecular flexibility index (Phi) is 5.02. The van der Waals surface area contributed by atoms with E-state index in [0.717, 1.165) is 19.4 Å². The number of hydrogen-bond acceptors (Lipinski definition) is 2. The Hall–Kier alpha value is -0.570. The summed E-state index contributed by atoms with van der Waals surface area (Å²) in [5, 5.41) is 3.63. The molecule has 1 amide bonds. The molecule has 2 unspecified atom stereocenters. The van der Waals surface area contributed by atoms with Gasteiger partial charge in [-0.25, -0.2) is 0 Å². The first kappa shape index (κ1) is 16.8. The van der Waals surface area contributed by atoms with E-state index in [4.69, 9.17) is 0 Å². The number of carbonyl (C=O) groups is 1. The summed E-state index contributed by atoms with van der Waals surface area (Å²) in [5.41, 5.74) is -0.0333. The Morgan fingerprint density at radius 3 is 2.38 bits per heavy atom. The van der Waals surface area contributed by atoms with Gasteiger partial charge in [-0.05, 0) is 43.9 Å². The van der Waals surface area contributed by atoms with Crippen LogP contribution >= 0.6 is 0 Å². The van der Waals surface area contributed by atoms with E-state index in [0.29, 0.717) is 17.2 Å². The molecular weight excluding hydrogens is 260 g/mol. The molecule has 0 aromatic carbocycles. The normalized spacial score (nSPS) is 33.0. The van der Waals surface area contributed by atoms with Crippen LogP contribution in [-0.2, 0) is 4.79 Å². The van der Waals surface area contributed by atoms with Gasteiger partial charge in [-0.15, -0.1) is 0 Å². The van der Waals surface area contributed by atoms with Crippen LogP contribution in [-0.4, -0.2) is 29.1 Å². The van der Waals surface area contributed by atoms with Gasteiger partial charge in [0.05, 0.1) is 11.7 Å². The van der Waals surface area contributed by atoms with Crippen molar-refractivity contribution in [1.29, 1.82) is 0 Å². The number of hydrogen-bond donors (Lipinski definition) is 1. The van der Waals surface area contributed by atoms with Crippen LogP contribution in [0.3, 0.4) is 0 Å². The van der Waals surface area contributed by atoms with Gasteiger partial charge >= 0.3 is 0 Å². The largest absolute Gasteiger partial charge is 0.325 e. The maximum Gasteiger partial charge on any atom is 0.243 e. The highest BCUT2D eigenvalue weighted by molar-refractivity contribution is 5.88. The lowest BCUT2D eigenvalue weighted by Gasteiger charge is -2.39. The van der Waals surface area contributed by atoms with Gasteiger partial charge in [0.1, 0.15) is 0 Å². The molecule has 0 radical (unpaired) electrons. The Balaban J connectivity index is 2.14. The first-order valence-corrected chi connectivity index (χ1v) is 8.88. The molecule has 3 nitrogen and oxygen atoms in total. The zero-order valence-electron chi connectivity index (χ0n) is 14.7. The third-order valence-electron chi connectivity index (χ3n) is 5.61. The quantitative estimate of drug-likeness (QED) is 0.833. The monoisotopic (exact) mass is 294 g/mol. The molecule has 122 valence electrons. The summed E-state index contributed by atoms with van der Waals surface area (Å²) in [7, 11) is 0. The standard InChI is InChI=1S/C18H34N2O/c1-6-18(5)16(21)20(15(19-18)12-14(2)3)13-17(4)10-8-7-9-11-17/h14-15,19H,6-13H2,1-5H3.